The summed E-state index contributed by atoms with van der Waals surface area (Å²) in [6.07, 6.45) is 4.72. The van der Waals surface area contributed by atoms with E-state index in [1.807, 2.05) is 0 Å². The Morgan fingerprint density at radius 2 is 1.89 bits per heavy atom. The first kappa shape index (κ1) is 13.8. The SMILES string of the molecule is Cc1cc(=O)c(C(=O)NC2CC(C)CC(C)C2)c[nH]1. The van der Waals surface area contributed by atoms with Crippen molar-refractivity contribution in [2.24, 2.45) is 11.8 Å². The highest BCUT2D eigenvalue weighted by molar-refractivity contribution is 5.93. The predicted molar refractivity (Wildman–Crippen MR) is 75.2 cm³/mol. The number of hydrogen-bond acceptors (Lipinski definition) is 2. The first-order valence-corrected chi connectivity index (χ1v) is 6.96. The number of carbonyl (C=O) groups excluding carboxylic acids is 1. The summed E-state index contributed by atoms with van der Waals surface area (Å²) < 4.78 is 0. The average Bonchev–Trinajstić information content (AvgIpc) is 2.26. The van der Waals surface area contributed by atoms with E-state index in [1.165, 1.54) is 18.7 Å². The largest absolute Gasteiger partial charge is 0.364 e. The van der Waals surface area contributed by atoms with Gasteiger partial charge >= 0.3 is 0 Å². The number of aryl methyl sites for hydroxylation is 1. The summed E-state index contributed by atoms with van der Waals surface area (Å²) in [6.45, 7) is 6.23. The van der Waals surface area contributed by atoms with Gasteiger partial charge in [0, 0.05) is 24.0 Å². The summed E-state index contributed by atoms with van der Waals surface area (Å²) in [7, 11) is 0. The van der Waals surface area contributed by atoms with E-state index in [0.29, 0.717) is 11.8 Å². The van der Waals surface area contributed by atoms with Crippen molar-refractivity contribution in [1.82, 2.24) is 10.3 Å². The molecular weight excluding hydrogens is 240 g/mol. The minimum Gasteiger partial charge on any atom is -0.364 e. The molecule has 19 heavy (non-hydrogen) atoms. The van der Waals surface area contributed by atoms with Crippen molar-refractivity contribution >= 4 is 5.91 Å². The third-order valence-electron chi connectivity index (χ3n) is 3.82. The van der Waals surface area contributed by atoms with Gasteiger partial charge in [-0.1, -0.05) is 13.8 Å². The third kappa shape index (κ3) is 3.46. The molecule has 0 saturated heterocycles. The molecule has 0 spiro atoms. The van der Waals surface area contributed by atoms with Gasteiger partial charge in [-0.2, -0.15) is 0 Å². The Kier molecular flexibility index (Phi) is 4.08. The molecule has 0 aromatic carbocycles. The molecule has 4 heteroatoms. The van der Waals surface area contributed by atoms with Crippen molar-refractivity contribution in [2.75, 3.05) is 0 Å². The van der Waals surface area contributed by atoms with Crippen LogP contribution in [0.1, 0.15) is 49.2 Å². The van der Waals surface area contributed by atoms with E-state index < -0.39 is 0 Å². The summed E-state index contributed by atoms with van der Waals surface area (Å²) >= 11 is 0. The van der Waals surface area contributed by atoms with Crippen LogP contribution in [0.2, 0.25) is 0 Å². The predicted octanol–water partition coefficient (Wildman–Crippen LogP) is 2.24. The summed E-state index contributed by atoms with van der Waals surface area (Å²) in [5.74, 6) is 1.00. The van der Waals surface area contributed by atoms with Crippen LogP contribution in [0.3, 0.4) is 0 Å². The number of amides is 1. The van der Waals surface area contributed by atoms with Gasteiger partial charge in [0.15, 0.2) is 5.43 Å². The van der Waals surface area contributed by atoms with Crippen LogP contribution in [0.4, 0.5) is 0 Å². The first-order chi connectivity index (χ1) is 8.95. The monoisotopic (exact) mass is 262 g/mol. The maximum atomic E-state index is 12.1. The van der Waals surface area contributed by atoms with Crippen LogP contribution in [-0.4, -0.2) is 16.9 Å². The number of nitrogens with one attached hydrogen (secondary N) is 2. The number of aromatic nitrogens is 1. The maximum absolute atomic E-state index is 12.1. The van der Waals surface area contributed by atoms with Crippen molar-refractivity contribution in [3.63, 3.8) is 0 Å². The molecule has 0 bridgehead atoms. The van der Waals surface area contributed by atoms with Gasteiger partial charge in [0.2, 0.25) is 0 Å². The molecule has 1 heterocycles. The zero-order valence-corrected chi connectivity index (χ0v) is 11.8. The minimum atomic E-state index is -0.257. The van der Waals surface area contributed by atoms with E-state index in [2.05, 4.69) is 24.1 Å². The fourth-order valence-electron chi connectivity index (χ4n) is 3.08. The van der Waals surface area contributed by atoms with Crippen LogP contribution in [0.5, 0.6) is 0 Å². The molecule has 1 aromatic rings. The highest BCUT2D eigenvalue weighted by Crippen LogP contribution is 2.28. The Morgan fingerprint density at radius 3 is 2.47 bits per heavy atom. The average molecular weight is 262 g/mol. The number of carbonyl (C=O) groups is 1. The van der Waals surface area contributed by atoms with Crippen molar-refractivity contribution < 1.29 is 4.79 Å². The van der Waals surface area contributed by atoms with Gasteiger partial charge in [0.25, 0.3) is 5.91 Å². The van der Waals surface area contributed by atoms with Gasteiger partial charge in [-0.15, -0.1) is 0 Å². The standard InChI is InChI=1S/C15H22N2O2/c1-9-4-10(2)6-12(5-9)17-15(19)13-8-16-11(3)7-14(13)18/h7-10,12H,4-6H2,1-3H3,(H,16,18)(H,17,19). The summed E-state index contributed by atoms with van der Waals surface area (Å²) in [4.78, 5) is 26.8. The fourth-order valence-corrected chi connectivity index (χ4v) is 3.08. The van der Waals surface area contributed by atoms with E-state index in [1.54, 1.807) is 6.92 Å². The van der Waals surface area contributed by atoms with E-state index in [9.17, 15) is 9.59 Å². The van der Waals surface area contributed by atoms with E-state index >= 15 is 0 Å². The van der Waals surface area contributed by atoms with Crippen LogP contribution in [0.25, 0.3) is 0 Å². The number of rotatable bonds is 2. The van der Waals surface area contributed by atoms with Crippen LogP contribution in [0.15, 0.2) is 17.1 Å². The molecule has 0 aliphatic heterocycles. The minimum absolute atomic E-state index is 0.187. The molecule has 1 aromatic heterocycles. The van der Waals surface area contributed by atoms with Gasteiger partial charge in [-0.3, -0.25) is 9.59 Å². The highest BCUT2D eigenvalue weighted by atomic mass is 16.2. The van der Waals surface area contributed by atoms with Gasteiger partial charge in [0.1, 0.15) is 5.56 Å². The van der Waals surface area contributed by atoms with Gasteiger partial charge in [-0.25, -0.2) is 0 Å². The van der Waals surface area contributed by atoms with Crippen LogP contribution in [-0.2, 0) is 0 Å². The normalized spacial score (nSPS) is 27.0. The van der Waals surface area contributed by atoms with Crippen LogP contribution < -0.4 is 10.7 Å². The number of H-pyrrole nitrogens is 1. The van der Waals surface area contributed by atoms with E-state index in [0.717, 1.165) is 18.5 Å². The van der Waals surface area contributed by atoms with Gasteiger partial charge in [-0.05, 0) is 38.0 Å². The maximum Gasteiger partial charge on any atom is 0.256 e. The van der Waals surface area contributed by atoms with Crippen molar-refractivity contribution in [3.05, 3.63) is 33.7 Å². The molecular formula is C15H22N2O2. The second-order valence-corrected chi connectivity index (χ2v) is 5.98. The molecule has 1 aliphatic rings. The number of pyridine rings is 1. The smallest absolute Gasteiger partial charge is 0.256 e. The molecule has 0 radical (unpaired) electrons. The molecule has 2 N–H and O–H groups in total. The Balaban J connectivity index is 2.06. The molecule has 1 fully saturated rings. The number of hydrogen-bond donors (Lipinski definition) is 2. The van der Waals surface area contributed by atoms with Crippen molar-refractivity contribution in [3.8, 4) is 0 Å². The molecule has 1 saturated carbocycles. The Hall–Kier alpha value is -1.58. The van der Waals surface area contributed by atoms with Crippen LogP contribution in [0, 0.1) is 18.8 Å². The Labute approximate surface area is 113 Å². The molecule has 1 amide bonds. The quantitative estimate of drug-likeness (QED) is 0.858. The Morgan fingerprint density at radius 1 is 1.26 bits per heavy atom. The lowest BCUT2D eigenvalue weighted by atomic mass is 9.80. The number of aromatic amines is 1. The van der Waals surface area contributed by atoms with Gasteiger partial charge in [0.05, 0.1) is 0 Å². The van der Waals surface area contributed by atoms with Gasteiger partial charge < -0.3 is 10.3 Å². The Bertz CT molecular complexity index is 511. The lowest BCUT2D eigenvalue weighted by molar-refractivity contribution is 0.0910. The fraction of sp³-hybridized carbons (Fsp3) is 0.600. The molecule has 1 aliphatic carbocycles. The molecule has 104 valence electrons. The topological polar surface area (TPSA) is 62.0 Å². The zero-order valence-electron chi connectivity index (χ0n) is 11.8. The molecule has 2 rings (SSSR count). The second-order valence-electron chi connectivity index (χ2n) is 5.98. The summed E-state index contributed by atoms with van der Waals surface area (Å²) in [6, 6.07) is 1.65. The molecule has 4 nitrogen and oxygen atoms in total. The summed E-state index contributed by atoms with van der Waals surface area (Å²) in [5, 5.41) is 3.00. The van der Waals surface area contributed by atoms with E-state index in [4.69, 9.17) is 0 Å². The lowest BCUT2D eigenvalue weighted by Gasteiger charge is -2.31. The zero-order chi connectivity index (χ0) is 14.0. The highest BCUT2D eigenvalue weighted by Gasteiger charge is 2.25. The van der Waals surface area contributed by atoms with Crippen LogP contribution >= 0.6 is 0 Å². The van der Waals surface area contributed by atoms with Crippen molar-refractivity contribution in [1.29, 1.82) is 0 Å². The summed E-state index contributed by atoms with van der Waals surface area (Å²) in [5.41, 5.74) is 0.753. The first-order valence-electron chi connectivity index (χ1n) is 6.96. The molecule has 2 atom stereocenters. The molecule has 2 unspecified atom stereocenters. The van der Waals surface area contributed by atoms with E-state index in [-0.39, 0.29) is 22.9 Å². The lowest BCUT2D eigenvalue weighted by Crippen LogP contribution is -2.41. The third-order valence-corrected chi connectivity index (χ3v) is 3.82. The second kappa shape index (κ2) is 5.59. The van der Waals surface area contributed by atoms with Crippen molar-refractivity contribution in [2.45, 2.75) is 46.1 Å².